The smallest absolute Gasteiger partial charge is 0.324 e. The zero-order valence-electron chi connectivity index (χ0n) is 18.8. The van der Waals surface area contributed by atoms with E-state index in [1.165, 1.54) is 26.4 Å². The minimum absolute atomic E-state index is 0.225. The van der Waals surface area contributed by atoms with Gasteiger partial charge in [-0.15, -0.1) is 0 Å². The number of hydrogen-bond donors (Lipinski definition) is 0. The fraction of sp³-hybridized carbons (Fsp3) is 0.625. The van der Waals surface area contributed by atoms with Crippen molar-refractivity contribution >= 4 is 12.0 Å². The monoisotopic (exact) mass is 427 g/mol. The van der Waals surface area contributed by atoms with Crippen LogP contribution in [-0.2, 0) is 16.0 Å². The number of carbonyl (C=O) groups is 1. The van der Waals surface area contributed by atoms with Crippen molar-refractivity contribution in [3.05, 3.63) is 35.7 Å². The number of anilines is 1. The second-order valence-corrected chi connectivity index (χ2v) is 9.11. The highest BCUT2D eigenvalue weighted by atomic mass is 16.5. The second-order valence-electron chi connectivity index (χ2n) is 9.11. The quantitative estimate of drug-likeness (QED) is 0.554. The van der Waals surface area contributed by atoms with Gasteiger partial charge in [0.1, 0.15) is 5.75 Å². The van der Waals surface area contributed by atoms with Crippen molar-refractivity contribution in [1.82, 2.24) is 10.1 Å². The van der Waals surface area contributed by atoms with Crippen LogP contribution in [0.1, 0.15) is 56.8 Å². The number of carbonyl (C=O) groups excluding carboxylic acids is 1. The molecule has 0 unspecified atom stereocenters. The average Bonchev–Trinajstić information content (AvgIpc) is 3.37. The molecule has 2 aromatic rings. The van der Waals surface area contributed by atoms with Crippen molar-refractivity contribution in [3.63, 3.8) is 0 Å². The first kappa shape index (κ1) is 21.7. The van der Waals surface area contributed by atoms with Crippen LogP contribution in [0.5, 0.6) is 5.75 Å². The van der Waals surface area contributed by atoms with Crippen LogP contribution >= 0.6 is 0 Å². The van der Waals surface area contributed by atoms with E-state index in [0.29, 0.717) is 18.4 Å². The van der Waals surface area contributed by atoms with Gasteiger partial charge >= 0.3 is 12.0 Å². The lowest BCUT2D eigenvalue weighted by Crippen LogP contribution is -2.34. The Labute approximate surface area is 184 Å². The van der Waals surface area contributed by atoms with Gasteiger partial charge in [0, 0.05) is 19.0 Å². The molecule has 1 aromatic heterocycles. The third kappa shape index (κ3) is 5.57. The first-order chi connectivity index (χ1) is 15.0. The van der Waals surface area contributed by atoms with Crippen LogP contribution in [0.3, 0.4) is 0 Å². The Hall–Kier alpha value is -2.57. The summed E-state index contributed by atoms with van der Waals surface area (Å²) in [7, 11) is 1.41. The van der Waals surface area contributed by atoms with Gasteiger partial charge in [0.15, 0.2) is 5.82 Å². The Morgan fingerprint density at radius 3 is 2.61 bits per heavy atom. The summed E-state index contributed by atoms with van der Waals surface area (Å²) in [6.45, 7) is 6.91. The predicted octanol–water partition coefficient (Wildman–Crippen LogP) is 4.23. The van der Waals surface area contributed by atoms with Crippen LogP contribution in [0.2, 0.25) is 0 Å². The molecule has 1 aromatic carbocycles. The number of piperidine rings is 1. The van der Waals surface area contributed by atoms with Crippen molar-refractivity contribution < 1.29 is 18.8 Å². The molecule has 1 saturated carbocycles. The third-order valence-electron chi connectivity index (χ3n) is 6.60. The molecule has 7 heteroatoms. The standard InChI is InChI=1S/C24H33N3O4/c1-16(2)23-25-24(31-26-23)27-11-8-18(9-12-27)21-15-19(21)10-13-30-20-6-4-17(5-7-20)14-22(28)29-3/h4-7,16,18-19,21H,8-15H2,1-3H3/t19-,21-/m1/s1. The van der Waals surface area contributed by atoms with E-state index in [2.05, 4.69) is 28.9 Å². The lowest BCUT2D eigenvalue weighted by atomic mass is 9.90. The topological polar surface area (TPSA) is 77.7 Å². The predicted molar refractivity (Wildman–Crippen MR) is 117 cm³/mol. The maximum Gasteiger partial charge on any atom is 0.324 e. The van der Waals surface area contributed by atoms with Crippen molar-refractivity contribution in [2.24, 2.45) is 17.8 Å². The van der Waals surface area contributed by atoms with Crippen molar-refractivity contribution in [1.29, 1.82) is 0 Å². The number of esters is 1. The first-order valence-electron chi connectivity index (χ1n) is 11.4. The van der Waals surface area contributed by atoms with Gasteiger partial charge in [-0.25, -0.2) is 0 Å². The molecular formula is C24H33N3O4. The molecule has 2 heterocycles. The third-order valence-corrected chi connectivity index (χ3v) is 6.60. The van der Waals surface area contributed by atoms with Crippen molar-refractivity contribution in [2.45, 2.75) is 51.9 Å². The van der Waals surface area contributed by atoms with E-state index in [9.17, 15) is 4.79 Å². The van der Waals surface area contributed by atoms with Crippen LogP contribution in [0, 0.1) is 17.8 Å². The highest BCUT2D eigenvalue weighted by Crippen LogP contribution is 2.50. The van der Waals surface area contributed by atoms with E-state index in [4.69, 9.17) is 14.0 Å². The lowest BCUT2D eigenvalue weighted by Gasteiger charge is -2.30. The second kappa shape index (κ2) is 9.71. The van der Waals surface area contributed by atoms with E-state index >= 15 is 0 Å². The number of methoxy groups -OCH3 is 1. The van der Waals surface area contributed by atoms with E-state index in [-0.39, 0.29) is 5.97 Å². The van der Waals surface area contributed by atoms with Crippen LogP contribution in [0.15, 0.2) is 28.8 Å². The molecule has 0 radical (unpaired) electrons. The van der Waals surface area contributed by atoms with Gasteiger partial charge in [-0.3, -0.25) is 4.79 Å². The summed E-state index contributed by atoms with van der Waals surface area (Å²) < 4.78 is 16.1. The summed E-state index contributed by atoms with van der Waals surface area (Å²) in [5.41, 5.74) is 0.939. The fourth-order valence-corrected chi connectivity index (χ4v) is 4.56. The summed E-state index contributed by atoms with van der Waals surface area (Å²) in [5.74, 6) is 4.13. The maximum absolute atomic E-state index is 11.3. The van der Waals surface area contributed by atoms with Gasteiger partial charge in [-0.2, -0.15) is 4.98 Å². The zero-order chi connectivity index (χ0) is 21.8. The van der Waals surface area contributed by atoms with Crippen molar-refractivity contribution in [3.8, 4) is 5.75 Å². The number of benzene rings is 1. The van der Waals surface area contributed by atoms with Crippen LogP contribution in [0.25, 0.3) is 0 Å². The van der Waals surface area contributed by atoms with Crippen molar-refractivity contribution in [2.75, 3.05) is 31.7 Å². The highest BCUT2D eigenvalue weighted by Gasteiger charge is 2.43. The molecule has 2 atom stereocenters. The Morgan fingerprint density at radius 1 is 1.23 bits per heavy atom. The summed E-state index contributed by atoms with van der Waals surface area (Å²) in [6.07, 6.45) is 5.12. The molecule has 2 aliphatic rings. The van der Waals surface area contributed by atoms with E-state index in [0.717, 1.165) is 61.0 Å². The van der Waals surface area contributed by atoms with Gasteiger partial charge in [0.2, 0.25) is 0 Å². The molecule has 7 nitrogen and oxygen atoms in total. The molecule has 1 saturated heterocycles. The fourth-order valence-electron chi connectivity index (χ4n) is 4.56. The molecule has 0 spiro atoms. The van der Waals surface area contributed by atoms with E-state index in [1.807, 2.05) is 24.3 Å². The van der Waals surface area contributed by atoms with E-state index < -0.39 is 0 Å². The highest BCUT2D eigenvalue weighted by molar-refractivity contribution is 5.72. The molecule has 0 bridgehead atoms. The zero-order valence-corrected chi connectivity index (χ0v) is 18.8. The molecule has 0 N–H and O–H groups in total. The summed E-state index contributed by atoms with van der Waals surface area (Å²) in [5, 5.41) is 4.09. The SMILES string of the molecule is COC(=O)Cc1ccc(OCC[C@@H]2C[C@@H]2C2CCN(c3nc(C(C)C)no3)CC2)cc1. The lowest BCUT2D eigenvalue weighted by molar-refractivity contribution is -0.139. The normalized spacial score (nSPS) is 21.4. The Kier molecular flexibility index (Phi) is 6.78. The van der Waals surface area contributed by atoms with E-state index in [1.54, 1.807) is 0 Å². The Morgan fingerprint density at radius 2 is 1.97 bits per heavy atom. The van der Waals surface area contributed by atoms with Crippen LogP contribution < -0.4 is 9.64 Å². The molecule has 1 aliphatic heterocycles. The molecular weight excluding hydrogens is 394 g/mol. The largest absolute Gasteiger partial charge is 0.494 e. The summed E-state index contributed by atoms with van der Waals surface area (Å²) in [4.78, 5) is 18.1. The molecule has 31 heavy (non-hydrogen) atoms. The first-order valence-corrected chi connectivity index (χ1v) is 11.4. The molecule has 1 aliphatic carbocycles. The minimum atomic E-state index is -0.225. The molecule has 168 valence electrons. The van der Waals surface area contributed by atoms with Gasteiger partial charge in [-0.05, 0) is 61.1 Å². The number of ether oxygens (including phenoxy) is 2. The van der Waals surface area contributed by atoms with Gasteiger partial charge in [0.05, 0.1) is 20.1 Å². The van der Waals surface area contributed by atoms with Gasteiger partial charge < -0.3 is 18.9 Å². The molecule has 4 rings (SSSR count). The number of aromatic nitrogens is 2. The Balaban J connectivity index is 1.15. The molecule has 0 amide bonds. The maximum atomic E-state index is 11.3. The van der Waals surface area contributed by atoms with Crippen LogP contribution in [-0.4, -0.2) is 42.9 Å². The number of hydrogen-bond acceptors (Lipinski definition) is 7. The number of nitrogens with zero attached hydrogens (tertiary/aromatic N) is 3. The van der Waals surface area contributed by atoms with Gasteiger partial charge in [-0.1, -0.05) is 31.1 Å². The average molecular weight is 428 g/mol. The minimum Gasteiger partial charge on any atom is -0.494 e. The molecule has 2 fully saturated rings. The number of rotatable bonds is 9. The Bertz CT molecular complexity index is 856. The summed E-state index contributed by atoms with van der Waals surface area (Å²) >= 11 is 0. The van der Waals surface area contributed by atoms with Gasteiger partial charge in [0.25, 0.3) is 0 Å². The van der Waals surface area contributed by atoms with Crippen LogP contribution in [0.4, 0.5) is 6.01 Å². The summed E-state index contributed by atoms with van der Waals surface area (Å²) in [6, 6.07) is 8.39.